The fraction of sp³-hybridized carbons (Fsp3) is 0.357. The Morgan fingerprint density at radius 3 is 3.05 bits per heavy atom. The first kappa shape index (κ1) is 12.4. The summed E-state index contributed by atoms with van der Waals surface area (Å²) < 4.78 is 1.21. The Kier molecular flexibility index (Phi) is 3.40. The Morgan fingerprint density at radius 2 is 2.32 bits per heavy atom. The molecule has 0 saturated heterocycles. The molecule has 0 fully saturated rings. The standard InChI is InChI=1S/C14H17N3OS/c1-17-7-6-15-14(17)16-9-11(18)13-8-10-4-2-3-5-12(10)19-13/h2-5,8,11,18H,6-7,9H2,1H3,(H,15,16). The number of aliphatic hydroxyl groups is 1. The quantitative estimate of drug-likeness (QED) is 0.898. The third kappa shape index (κ3) is 2.57. The highest BCUT2D eigenvalue weighted by Crippen LogP contribution is 2.29. The molecule has 100 valence electrons. The molecule has 1 unspecified atom stereocenters. The van der Waals surface area contributed by atoms with Crippen LogP contribution in [0.5, 0.6) is 0 Å². The molecule has 1 aromatic carbocycles. The van der Waals surface area contributed by atoms with Gasteiger partial charge in [-0.05, 0) is 17.5 Å². The molecule has 2 heterocycles. The molecule has 1 aromatic heterocycles. The lowest BCUT2D eigenvalue weighted by atomic mass is 10.2. The van der Waals surface area contributed by atoms with E-state index in [4.69, 9.17) is 0 Å². The number of rotatable bonds is 3. The SMILES string of the molecule is CN1CCN=C1NCC(O)c1cc2ccccc2s1. The zero-order chi connectivity index (χ0) is 13.2. The van der Waals surface area contributed by atoms with Gasteiger partial charge in [-0.15, -0.1) is 11.3 Å². The fourth-order valence-corrected chi connectivity index (χ4v) is 3.23. The summed E-state index contributed by atoms with van der Waals surface area (Å²) in [5.41, 5.74) is 0. The molecule has 0 spiro atoms. The van der Waals surface area contributed by atoms with Crippen LogP contribution in [-0.2, 0) is 0 Å². The number of hydrogen-bond donors (Lipinski definition) is 2. The Hall–Kier alpha value is -1.59. The normalized spacial score (nSPS) is 16.7. The van der Waals surface area contributed by atoms with Crippen molar-refractivity contribution in [3.05, 3.63) is 35.2 Å². The first-order valence-corrected chi connectivity index (χ1v) is 7.22. The van der Waals surface area contributed by atoms with E-state index < -0.39 is 6.10 Å². The van der Waals surface area contributed by atoms with Crippen molar-refractivity contribution in [1.29, 1.82) is 0 Å². The first-order valence-electron chi connectivity index (χ1n) is 6.40. The van der Waals surface area contributed by atoms with E-state index in [9.17, 15) is 5.11 Å². The van der Waals surface area contributed by atoms with E-state index in [2.05, 4.69) is 33.4 Å². The number of thiophene rings is 1. The van der Waals surface area contributed by atoms with Gasteiger partial charge in [0.1, 0.15) is 6.10 Å². The second-order valence-corrected chi connectivity index (χ2v) is 5.83. The van der Waals surface area contributed by atoms with Crippen molar-refractivity contribution in [3.63, 3.8) is 0 Å². The molecule has 0 aliphatic carbocycles. The van der Waals surface area contributed by atoms with Gasteiger partial charge in [-0.1, -0.05) is 18.2 Å². The lowest BCUT2D eigenvalue weighted by Crippen LogP contribution is -2.37. The summed E-state index contributed by atoms with van der Waals surface area (Å²) in [5.74, 6) is 0.875. The number of guanidine groups is 1. The van der Waals surface area contributed by atoms with Gasteiger partial charge in [-0.3, -0.25) is 4.99 Å². The number of benzene rings is 1. The minimum Gasteiger partial charge on any atom is -0.386 e. The fourth-order valence-electron chi connectivity index (χ4n) is 2.18. The van der Waals surface area contributed by atoms with Crippen LogP contribution in [0.25, 0.3) is 10.1 Å². The van der Waals surface area contributed by atoms with E-state index >= 15 is 0 Å². The lowest BCUT2D eigenvalue weighted by Gasteiger charge is -2.17. The smallest absolute Gasteiger partial charge is 0.193 e. The van der Waals surface area contributed by atoms with Crippen LogP contribution < -0.4 is 5.32 Å². The summed E-state index contributed by atoms with van der Waals surface area (Å²) in [6, 6.07) is 10.3. The van der Waals surface area contributed by atoms with Crippen molar-refractivity contribution in [2.75, 3.05) is 26.7 Å². The molecule has 2 aromatic rings. The molecular weight excluding hydrogens is 258 g/mol. The molecule has 1 aliphatic heterocycles. The molecule has 19 heavy (non-hydrogen) atoms. The largest absolute Gasteiger partial charge is 0.386 e. The van der Waals surface area contributed by atoms with E-state index in [1.807, 2.05) is 19.2 Å². The van der Waals surface area contributed by atoms with Crippen LogP contribution in [0.15, 0.2) is 35.3 Å². The second kappa shape index (κ2) is 5.19. The highest BCUT2D eigenvalue weighted by Gasteiger charge is 2.15. The van der Waals surface area contributed by atoms with Crippen LogP contribution in [0, 0.1) is 0 Å². The number of nitrogens with zero attached hydrogens (tertiary/aromatic N) is 2. The summed E-state index contributed by atoms with van der Waals surface area (Å²) in [6.45, 7) is 2.27. The summed E-state index contributed by atoms with van der Waals surface area (Å²) in [6.07, 6.45) is -0.492. The van der Waals surface area contributed by atoms with E-state index in [-0.39, 0.29) is 0 Å². The van der Waals surface area contributed by atoms with Crippen LogP contribution in [-0.4, -0.2) is 42.6 Å². The van der Waals surface area contributed by atoms with Crippen molar-refractivity contribution >= 4 is 27.4 Å². The molecule has 0 bridgehead atoms. The molecule has 0 amide bonds. The van der Waals surface area contributed by atoms with E-state index in [0.717, 1.165) is 23.9 Å². The van der Waals surface area contributed by atoms with Gasteiger partial charge in [0.25, 0.3) is 0 Å². The molecule has 2 N–H and O–H groups in total. The van der Waals surface area contributed by atoms with Gasteiger partial charge in [-0.2, -0.15) is 0 Å². The van der Waals surface area contributed by atoms with Crippen LogP contribution in [0.4, 0.5) is 0 Å². The maximum Gasteiger partial charge on any atom is 0.193 e. The summed E-state index contributed by atoms with van der Waals surface area (Å²) >= 11 is 1.65. The number of hydrogen-bond acceptors (Lipinski definition) is 5. The molecule has 5 heteroatoms. The molecule has 4 nitrogen and oxygen atoms in total. The summed E-state index contributed by atoms with van der Waals surface area (Å²) in [7, 11) is 2.00. The second-order valence-electron chi connectivity index (χ2n) is 4.71. The first-order chi connectivity index (χ1) is 9.24. The van der Waals surface area contributed by atoms with E-state index in [1.165, 1.54) is 10.1 Å². The number of aliphatic hydroxyl groups excluding tert-OH is 1. The third-order valence-corrected chi connectivity index (χ3v) is 4.50. The number of aliphatic imine (C=N–C) groups is 1. The van der Waals surface area contributed by atoms with Gasteiger partial charge in [-0.25, -0.2) is 0 Å². The van der Waals surface area contributed by atoms with Crippen LogP contribution in [0.3, 0.4) is 0 Å². The van der Waals surface area contributed by atoms with Gasteiger partial charge in [0.15, 0.2) is 5.96 Å². The third-order valence-electron chi connectivity index (χ3n) is 3.29. The molecule has 3 rings (SSSR count). The summed E-state index contributed by atoms with van der Waals surface area (Å²) in [5, 5.41) is 14.6. The number of likely N-dealkylation sites (N-methyl/N-ethyl adjacent to an activating group) is 1. The zero-order valence-corrected chi connectivity index (χ0v) is 11.7. The van der Waals surface area contributed by atoms with Crippen molar-refractivity contribution in [2.24, 2.45) is 4.99 Å². The van der Waals surface area contributed by atoms with Crippen molar-refractivity contribution in [3.8, 4) is 0 Å². The maximum atomic E-state index is 10.2. The van der Waals surface area contributed by atoms with Crippen molar-refractivity contribution in [1.82, 2.24) is 10.2 Å². The van der Waals surface area contributed by atoms with Gasteiger partial charge in [0.05, 0.1) is 6.54 Å². The average Bonchev–Trinajstić information content (AvgIpc) is 3.01. The van der Waals surface area contributed by atoms with Crippen molar-refractivity contribution in [2.45, 2.75) is 6.10 Å². The van der Waals surface area contributed by atoms with E-state index in [1.54, 1.807) is 11.3 Å². The number of nitrogens with one attached hydrogen (secondary N) is 1. The minimum atomic E-state index is -0.492. The Balaban J connectivity index is 1.68. The van der Waals surface area contributed by atoms with Gasteiger partial charge in [0.2, 0.25) is 0 Å². The molecular formula is C14H17N3OS. The monoisotopic (exact) mass is 275 g/mol. The van der Waals surface area contributed by atoms with Crippen LogP contribution in [0.2, 0.25) is 0 Å². The predicted octanol–water partition coefficient (Wildman–Crippen LogP) is 1.83. The molecule has 1 atom stereocenters. The highest BCUT2D eigenvalue weighted by molar-refractivity contribution is 7.19. The average molecular weight is 275 g/mol. The van der Waals surface area contributed by atoms with Crippen molar-refractivity contribution < 1.29 is 5.11 Å². The van der Waals surface area contributed by atoms with Gasteiger partial charge >= 0.3 is 0 Å². The minimum absolute atomic E-state index is 0.492. The molecule has 0 radical (unpaired) electrons. The Morgan fingerprint density at radius 1 is 1.47 bits per heavy atom. The van der Waals surface area contributed by atoms with E-state index in [0.29, 0.717) is 6.54 Å². The number of fused-ring (bicyclic) bond motifs is 1. The molecule has 0 saturated carbocycles. The Bertz CT molecular complexity index is 575. The summed E-state index contributed by atoms with van der Waals surface area (Å²) in [4.78, 5) is 7.41. The van der Waals surface area contributed by atoms with Gasteiger partial charge in [0, 0.05) is 29.7 Å². The Labute approximate surface area is 116 Å². The predicted molar refractivity (Wildman–Crippen MR) is 79.7 cm³/mol. The topological polar surface area (TPSA) is 47.9 Å². The van der Waals surface area contributed by atoms with Crippen LogP contribution >= 0.6 is 11.3 Å². The zero-order valence-electron chi connectivity index (χ0n) is 10.8. The van der Waals surface area contributed by atoms with Gasteiger partial charge < -0.3 is 15.3 Å². The van der Waals surface area contributed by atoms with Crippen LogP contribution in [0.1, 0.15) is 11.0 Å². The maximum absolute atomic E-state index is 10.2. The molecule has 1 aliphatic rings. The highest BCUT2D eigenvalue weighted by atomic mass is 32.1. The lowest BCUT2D eigenvalue weighted by molar-refractivity contribution is 0.184.